The van der Waals surface area contributed by atoms with Crippen LogP contribution in [0.5, 0.6) is 5.75 Å². The molecule has 3 aromatic rings. The molecule has 2 fully saturated rings. The number of fused-ring (bicyclic) bond motifs is 1. The maximum Gasteiger partial charge on any atom is 0.459 e. The van der Waals surface area contributed by atoms with E-state index < -0.39 is 62.2 Å². The van der Waals surface area contributed by atoms with Gasteiger partial charge in [-0.05, 0) is 56.0 Å². The fourth-order valence-electron chi connectivity index (χ4n) is 4.97. The Kier molecular flexibility index (Phi) is 9.64. The summed E-state index contributed by atoms with van der Waals surface area (Å²) in [6.07, 6.45) is -0.791. The number of nitrogens with zero attached hydrogens (tertiary/aromatic N) is 3. The number of rotatable bonds is 13. The maximum atomic E-state index is 14.2. The van der Waals surface area contributed by atoms with Crippen LogP contribution in [0.2, 0.25) is 0 Å². The molecule has 3 heterocycles. The van der Waals surface area contributed by atoms with Crippen molar-refractivity contribution < 1.29 is 46.9 Å². The molecule has 1 saturated carbocycles. The lowest BCUT2D eigenvalue weighted by Gasteiger charge is -2.30. The van der Waals surface area contributed by atoms with Crippen LogP contribution in [0.15, 0.2) is 54.7 Å². The standard InChI is InChI=1S/C30H34N5O10P/c1-18(29(38)40-15-21-9-10-21)34-46(39,45-22-7-5-4-6-8-22)41-17-30(16-31)28(43-20(3)37)27(42-19(2)36)26(44-30)25-12-11-24-23(32)13-14-33-35(24)25/h4-8,11-14,18,21,26-28H,9-10,15,17,32H2,1-3H3,(H,34,39)/t18-,26-,27-,28-,30+,46?/m0/s1. The minimum Gasteiger partial charge on any atom is -0.464 e. The number of benzene rings is 1. The van der Waals surface area contributed by atoms with Crippen molar-refractivity contribution in [2.45, 2.75) is 63.6 Å². The summed E-state index contributed by atoms with van der Waals surface area (Å²) >= 11 is 0. The Morgan fingerprint density at radius 2 is 1.87 bits per heavy atom. The van der Waals surface area contributed by atoms with Crippen LogP contribution in [-0.2, 0) is 42.4 Å². The minimum atomic E-state index is -4.49. The second-order valence-corrected chi connectivity index (χ2v) is 12.8. The van der Waals surface area contributed by atoms with Gasteiger partial charge in [-0.3, -0.25) is 18.9 Å². The van der Waals surface area contributed by atoms with Gasteiger partial charge in [0, 0.05) is 20.0 Å². The van der Waals surface area contributed by atoms with E-state index in [2.05, 4.69) is 10.2 Å². The number of hydrogen-bond donors (Lipinski definition) is 2. The fourth-order valence-corrected chi connectivity index (χ4v) is 6.49. The van der Waals surface area contributed by atoms with Crippen LogP contribution in [-0.4, -0.2) is 64.6 Å². The van der Waals surface area contributed by atoms with Crippen LogP contribution in [0.3, 0.4) is 0 Å². The van der Waals surface area contributed by atoms with Crippen LogP contribution >= 0.6 is 7.75 Å². The maximum absolute atomic E-state index is 14.2. The lowest BCUT2D eigenvalue weighted by atomic mass is 9.95. The minimum absolute atomic E-state index is 0.130. The highest BCUT2D eigenvalue weighted by molar-refractivity contribution is 7.52. The van der Waals surface area contributed by atoms with E-state index in [1.807, 2.05) is 6.07 Å². The van der Waals surface area contributed by atoms with Gasteiger partial charge in [0.05, 0.1) is 23.5 Å². The van der Waals surface area contributed by atoms with E-state index in [-0.39, 0.29) is 12.4 Å². The number of para-hydroxylation sites is 1. The lowest BCUT2D eigenvalue weighted by Crippen LogP contribution is -2.49. The summed E-state index contributed by atoms with van der Waals surface area (Å²) in [5.74, 6) is -1.82. The summed E-state index contributed by atoms with van der Waals surface area (Å²) in [5, 5.41) is 17.4. The molecule has 0 spiro atoms. The molecule has 5 rings (SSSR count). The number of nitrogen functional groups attached to an aromatic ring is 1. The zero-order valence-corrected chi connectivity index (χ0v) is 26.3. The highest BCUT2D eigenvalue weighted by Gasteiger charge is 2.62. The number of esters is 3. The van der Waals surface area contributed by atoms with Gasteiger partial charge < -0.3 is 29.2 Å². The average Bonchev–Trinajstić information content (AvgIpc) is 3.68. The third-order valence-electron chi connectivity index (χ3n) is 7.37. The average molecular weight is 656 g/mol. The van der Waals surface area contributed by atoms with E-state index in [1.54, 1.807) is 36.4 Å². The highest BCUT2D eigenvalue weighted by Crippen LogP contribution is 2.50. The summed E-state index contributed by atoms with van der Waals surface area (Å²) in [7, 11) is -4.49. The van der Waals surface area contributed by atoms with Crippen molar-refractivity contribution in [1.29, 1.82) is 5.26 Å². The van der Waals surface area contributed by atoms with Gasteiger partial charge in [0.2, 0.25) is 5.60 Å². The number of nitrogens with one attached hydrogen (secondary N) is 1. The molecule has 6 atom stereocenters. The predicted octanol–water partition coefficient (Wildman–Crippen LogP) is 3.25. The molecule has 0 radical (unpaired) electrons. The van der Waals surface area contributed by atoms with Gasteiger partial charge in [0.1, 0.15) is 30.6 Å². The van der Waals surface area contributed by atoms with Crippen molar-refractivity contribution in [3.63, 3.8) is 0 Å². The number of carbonyl (C=O) groups excluding carboxylic acids is 3. The molecule has 2 aromatic heterocycles. The SMILES string of the molecule is CC(=O)O[C@H]1[C@H](c2ccc3c(N)ccnn23)O[C@](C#N)(COP(=O)(N[C@@H](C)C(=O)OCC2CC2)Oc2ccccc2)[C@H]1OC(C)=O. The molecule has 16 heteroatoms. The molecule has 0 amide bonds. The molecular weight excluding hydrogens is 621 g/mol. The Bertz CT molecular complexity index is 1690. The smallest absolute Gasteiger partial charge is 0.459 e. The first-order valence-electron chi connectivity index (χ1n) is 14.5. The van der Waals surface area contributed by atoms with E-state index >= 15 is 0 Å². The van der Waals surface area contributed by atoms with Crippen molar-refractivity contribution >= 4 is 36.9 Å². The Morgan fingerprint density at radius 3 is 2.52 bits per heavy atom. The first-order chi connectivity index (χ1) is 21.9. The third kappa shape index (κ3) is 7.32. The molecule has 244 valence electrons. The van der Waals surface area contributed by atoms with Crippen molar-refractivity contribution in [1.82, 2.24) is 14.7 Å². The number of hydrogen-bond acceptors (Lipinski definition) is 13. The Labute approximate surface area is 264 Å². The molecule has 1 aliphatic carbocycles. The van der Waals surface area contributed by atoms with Gasteiger partial charge in [0.25, 0.3) is 0 Å². The summed E-state index contributed by atoms with van der Waals surface area (Å²) < 4.78 is 49.9. The first-order valence-corrected chi connectivity index (χ1v) is 16.1. The molecule has 0 bridgehead atoms. The Hall–Kier alpha value is -4.48. The Balaban J connectivity index is 1.48. The summed E-state index contributed by atoms with van der Waals surface area (Å²) in [4.78, 5) is 37.3. The second-order valence-electron chi connectivity index (χ2n) is 11.1. The summed E-state index contributed by atoms with van der Waals surface area (Å²) in [6, 6.07) is 13.7. The van der Waals surface area contributed by atoms with E-state index in [9.17, 15) is 24.2 Å². The normalized spacial score (nSPS) is 24.3. The van der Waals surface area contributed by atoms with Gasteiger partial charge in [-0.25, -0.2) is 9.08 Å². The molecule has 46 heavy (non-hydrogen) atoms. The number of nitriles is 1. The molecule has 1 aromatic carbocycles. The van der Waals surface area contributed by atoms with Crippen LogP contribution < -0.4 is 15.3 Å². The molecule has 1 aliphatic heterocycles. The zero-order chi connectivity index (χ0) is 33.1. The van der Waals surface area contributed by atoms with Gasteiger partial charge in [-0.1, -0.05) is 18.2 Å². The van der Waals surface area contributed by atoms with Crippen molar-refractivity contribution in [3.8, 4) is 11.8 Å². The number of carbonyl (C=O) groups is 3. The van der Waals surface area contributed by atoms with Gasteiger partial charge in [-0.15, -0.1) is 0 Å². The fraction of sp³-hybridized carbons (Fsp3) is 0.433. The topological polar surface area (TPSA) is 203 Å². The monoisotopic (exact) mass is 655 g/mol. The van der Waals surface area contributed by atoms with E-state index in [4.69, 9.17) is 33.7 Å². The second kappa shape index (κ2) is 13.5. The molecule has 3 N–H and O–H groups in total. The van der Waals surface area contributed by atoms with E-state index in [1.165, 1.54) is 29.8 Å². The molecular formula is C30H34N5O10P. The molecule has 1 saturated heterocycles. The van der Waals surface area contributed by atoms with Crippen LogP contribution in [0, 0.1) is 17.2 Å². The Morgan fingerprint density at radius 1 is 1.15 bits per heavy atom. The summed E-state index contributed by atoms with van der Waals surface area (Å²) in [5.41, 5.74) is 5.11. The number of nitrogens with two attached hydrogens (primary N) is 1. The number of anilines is 1. The van der Waals surface area contributed by atoms with Crippen LogP contribution in [0.4, 0.5) is 5.69 Å². The van der Waals surface area contributed by atoms with Gasteiger partial charge in [-0.2, -0.15) is 15.4 Å². The van der Waals surface area contributed by atoms with Gasteiger partial charge in [0.15, 0.2) is 12.2 Å². The number of aromatic nitrogens is 2. The zero-order valence-electron chi connectivity index (χ0n) is 25.4. The third-order valence-corrected chi connectivity index (χ3v) is 8.99. The molecule has 2 aliphatic rings. The van der Waals surface area contributed by atoms with Crippen LogP contribution in [0.25, 0.3) is 5.52 Å². The van der Waals surface area contributed by atoms with Crippen molar-refractivity contribution in [2.24, 2.45) is 5.92 Å². The number of ether oxygens (including phenoxy) is 4. The van der Waals surface area contributed by atoms with Crippen molar-refractivity contribution in [2.75, 3.05) is 18.9 Å². The quantitative estimate of drug-likeness (QED) is 0.154. The highest BCUT2D eigenvalue weighted by atomic mass is 31.2. The van der Waals surface area contributed by atoms with Crippen LogP contribution in [0.1, 0.15) is 45.4 Å². The van der Waals surface area contributed by atoms with Gasteiger partial charge >= 0.3 is 25.7 Å². The molecule has 15 nitrogen and oxygen atoms in total. The van der Waals surface area contributed by atoms with E-state index in [0.29, 0.717) is 22.8 Å². The first kappa shape index (κ1) is 32.9. The summed E-state index contributed by atoms with van der Waals surface area (Å²) in [6.45, 7) is 3.09. The largest absolute Gasteiger partial charge is 0.464 e. The van der Waals surface area contributed by atoms with Crippen molar-refractivity contribution in [3.05, 3.63) is 60.4 Å². The lowest BCUT2D eigenvalue weighted by molar-refractivity contribution is -0.166. The van der Waals surface area contributed by atoms with E-state index in [0.717, 1.165) is 26.7 Å². The molecule has 1 unspecified atom stereocenters. The predicted molar refractivity (Wildman–Crippen MR) is 160 cm³/mol.